The van der Waals surface area contributed by atoms with E-state index in [0.717, 1.165) is 0 Å². The van der Waals surface area contributed by atoms with Gasteiger partial charge in [0.15, 0.2) is 0 Å². The fraction of sp³-hybridized carbons (Fsp3) is 0.294. The molecule has 0 aromatic heterocycles. The number of ether oxygens (including phenoxy) is 1. The first-order chi connectivity index (χ1) is 9.60. The number of hydrogen-bond donors (Lipinski definition) is 1. The van der Waals surface area contributed by atoms with Crippen LogP contribution < -0.4 is 10.1 Å². The molecule has 0 radical (unpaired) electrons. The molecule has 0 aliphatic carbocycles. The standard InChI is InChI=1S/C17H20FNO/c1-12-7-8-16(13(2)9-12)17(19-3)11-20-15-6-4-5-14(18)10-15/h4-10,17,19H,11H2,1-3H3. The number of hydrogen-bond acceptors (Lipinski definition) is 2. The van der Waals surface area contributed by atoms with E-state index >= 15 is 0 Å². The summed E-state index contributed by atoms with van der Waals surface area (Å²) in [5.74, 6) is 0.269. The number of nitrogens with one attached hydrogen (secondary N) is 1. The average molecular weight is 273 g/mol. The van der Waals surface area contributed by atoms with E-state index in [0.29, 0.717) is 12.4 Å². The number of aryl methyl sites for hydroxylation is 2. The Morgan fingerprint density at radius 1 is 1.15 bits per heavy atom. The van der Waals surface area contributed by atoms with Crippen molar-refractivity contribution in [2.75, 3.05) is 13.7 Å². The van der Waals surface area contributed by atoms with Gasteiger partial charge >= 0.3 is 0 Å². The first kappa shape index (κ1) is 14.5. The second-order valence-corrected chi connectivity index (χ2v) is 4.97. The predicted octanol–water partition coefficient (Wildman–Crippen LogP) is 3.78. The fourth-order valence-corrected chi connectivity index (χ4v) is 2.28. The summed E-state index contributed by atoms with van der Waals surface area (Å²) >= 11 is 0. The van der Waals surface area contributed by atoms with E-state index in [9.17, 15) is 4.39 Å². The third-order valence-electron chi connectivity index (χ3n) is 3.36. The maximum Gasteiger partial charge on any atom is 0.126 e. The van der Waals surface area contributed by atoms with Crippen LogP contribution in [-0.2, 0) is 0 Å². The molecule has 3 heteroatoms. The smallest absolute Gasteiger partial charge is 0.126 e. The van der Waals surface area contributed by atoms with Gasteiger partial charge in [0.25, 0.3) is 0 Å². The number of benzene rings is 2. The monoisotopic (exact) mass is 273 g/mol. The van der Waals surface area contributed by atoms with Gasteiger partial charge in [-0.15, -0.1) is 0 Å². The van der Waals surface area contributed by atoms with Crippen LogP contribution in [0.3, 0.4) is 0 Å². The quantitative estimate of drug-likeness (QED) is 0.895. The summed E-state index contributed by atoms with van der Waals surface area (Å²) in [5, 5.41) is 3.24. The summed E-state index contributed by atoms with van der Waals surface area (Å²) in [6, 6.07) is 12.7. The van der Waals surface area contributed by atoms with Gasteiger partial charge in [0.05, 0.1) is 6.04 Å². The first-order valence-corrected chi connectivity index (χ1v) is 6.73. The second-order valence-electron chi connectivity index (χ2n) is 4.97. The van der Waals surface area contributed by atoms with E-state index in [1.807, 2.05) is 7.05 Å². The highest BCUT2D eigenvalue weighted by Crippen LogP contribution is 2.21. The van der Waals surface area contributed by atoms with Crippen LogP contribution in [0, 0.1) is 19.7 Å². The van der Waals surface area contributed by atoms with E-state index in [-0.39, 0.29) is 11.9 Å². The molecule has 1 atom stereocenters. The van der Waals surface area contributed by atoms with Crippen molar-refractivity contribution in [2.45, 2.75) is 19.9 Å². The molecule has 106 valence electrons. The summed E-state index contributed by atoms with van der Waals surface area (Å²) in [7, 11) is 1.90. The molecule has 0 amide bonds. The largest absolute Gasteiger partial charge is 0.492 e. The van der Waals surface area contributed by atoms with Crippen LogP contribution in [0.5, 0.6) is 5.75 Å². The first-order valence-electron chi connectivity index (χ1n) is 6.73. The molecule has 0 fully saturated rings. The van der Waals surface area contributed by atoms with Crippen LogP contribution in [0.2, 0.25) is 0 Å². The molecule has 0 aliphatic rings. The van der Waals surface area contributed by atoms with Gasteiger partial charge in [0.1, 0.15) is 18.2 Å². The van der Waals surface area contributed by atoms with Gasteiger partial charge in [-0.3, -0.25) is 0 Å². The second kappa shape index (κ2) is 6.53. The van der Waals surface area contributed by atoms with Gasteiger partial charge in [0.2, 0.25) is 0 Å². The Morgan fingerprint density at radius 3 is 2.60 bits per heavy atom. The summed E-state index contributed by atoms with van der Waals surface area (Å²) in [4.78, 5) is 0. The highest BCUT2D eigenvalue weighted by atomic mass is 19.1. The Kier molecular flexibility index (Phi) is 4.74. The lowest BCUT2D eigenvalue weighted by molar-refractivity contribution is 0.271. The topological polar surface area (TPSA) is 21.3 Å². The molecule has 2 aromatic carbocycles. The van der Waals surface area contributed by atoms with E-state index in [1.165, 1.54) is 28.8 Å². The van der Waals surface area contributed by atoms with E-state index in [4.69, 9.17) is 4.74 Å². The summed E-state index contributed by atoms with van der Waals surface area (Å²) < 4.78 is 18.8. The lowest BCUT2D eigenvalue weighted by atomic mass is 10.00. The minimum atomic E-state index is -0.282. The molecule has 2 nitrogen and oxygen atoms in total. The maximum atomic E-state index is 13.1. The summed E-state index contributed by atoms with van der Waals surface area (Å²) in [6.07, 6.45) is 0. The van der Waals surface area contributed by atoms with Crippen LogP contribution in [0.25, 0.3) is 0 Å². The van der Waals surface area contributed by atoms with E-state index in [1.54, 1.807) is 12.1 Å². The Balaban J connectivity index is 2.09. The Hall–Kier alpha value is -1.87. The predicted molar refractivity (Wildman–Crippen MR) is 79.6 cm³/mol. The lowest BCUT2D eigenvalue weighted by Crippen LogP contribution is -2.24. The Morgan fingerprint density at radius 2 is 1.95 bits per heavy atom. The molecule has 2 rings (SSSR count). The molecule has 0 spiro atoms. The van der Waals surface area contributed by atoms with Crippen LogP contribution in [0.15, 0.2) is 42.5 Å². The maximum absolute atomic E-state index is 13.1. The number of likely N-dealkylation sites (N-methyl/N-ethyl adjacent to an activating group) is 1. The molecule has 0 heterocycles. The van der Waals surface area contributed by atoms with Gasteiger partial charge in [-0.1, -0.05) is 29.8 Å². The van der Waals surface area contributed by atoms with Crippen molar-refractivity contribution in [2.24, 2.45) is 0 Å². The van der Waals surface area contributed by atoms with Crippen molar-refractivity contribution < 1.29 is 9.13 Å². The lowest BCUT2D eigenvalue weighted by Gasteiger charge is -2.20. The minimum absolute atomic E-state index is 0.0823. The van der Waals surface area contributed by atoms with Crippen LogP contribution in [-0.4, -0.2) is 13.7 Å². The molecule has 1 unspecified atom stereocenters. The Labute approximate surface area is 119 Å². The van der Waals surface area contributed by atoms with E-state index < -0.39 is 0 Å². The highest BCUT2D eigenvalue weighted by Gasteiger charge is 2.12. The SMILES string of the molecule is CNC(COc1cccc(F)c1)c1ccc(C)cc1C. The molecule has 1 N–H and O–H groups in total. The number of rotatable bonds is 5. The highest BCUT2D eigenvalue weighted by molar-refractivity contribution is 5.33. The van der Waals surface area contributed by atoms with Crippen molar-refractivity contribution in [1.82, 2.24) is 5.32 Å². The third-order valence-corrected chi connectivity index (χ3v) is 3.36. The van der Waals surface area contributed by atoms with Crippen molar-refractivity contribution in [3.05, 3.63) is 65.0 Å². The molecule has 0 bridgehead atoms. The van der Waals surface area contributed by atoms with Crippen LogP contribution >= 0.6 is 0 Å². The molecule has 0 saturated heterocycles. The van der Waals surface area contributed by atoms with Crippen molar-refractivity contribution in [3.63, 3.8) is 0 Å². The molecule has 0 aliphatic heterocycles. The van der Waals surface area contributed by atoms with Gasteiger partial charge in [-0.2, -0.15) is 0 Å². The summed E-state index contributed by atoms with van der Waals surface area (Å²) in [5.41, 5.74) is 3.67. The van der Waals surface area contributed by atoms with Crippen molar-refractivity contribution >= 4 is 0 Å². The van der Waals surface area contributed by atoms with Gasteiger partial charge in [0, 0.05) is 6.07 Å². The molecular formula is C17H20FNO. The normalized spacial score (nSPS) is 12.2. The average Bonchev–Trinajstić information content (AvgIpc) is 2.41. The van der Waals surface area contributed by atoms with Crippen LogP contribution in [0.4, 0.5) is 4.39 Å². The fourth-order valence-electron chi connectivity index (χ4n) is 2.28. The Bertz CT molecular complexity index is 583. The molecule has 20 heavy (non-hydrogen) atoms. The van der Waals surface area contributed by atoms with Crippen LogP contribution in [0.1, 0.15) is 22.7 Å². The van der Waals surface area contributed by atoms with Gasteiger partial charge in [-0.05, 0) is 44.2 Å². The zero-order chi connectivity index (χ0) is 14.5. The zero-order valence-electron chi connectivity index (χ0n) is 12.1. The molecular weight excluding hydrogens is 253 g/mol. The van der Waals surface area contributed by atoms with Crippen molar-refractivity contribution in [3.8, 4) is 5.75 Å². The van der Waals surface area contributed by atoms with Gasteiger partial charge < -0.3 is 10.1 Å². The molecule has 2 aromatic rings. The molecule has 0 saturated carbocycles. The van der Waals surface area contributed by atoms with E-state index in [2.05, 4.69) is 37.4 Å². The minimum Gasteiger partial charge on any atom is -0.492 e. The van der Waals surface area contributed by atoms with Gasteiger partial charge in [-0.25, -0.2) is 4.39 Å². The third kappa shape index (κ3) is 3.58. The summed E-state index contributed by atoms with van der Waals surface area (Å²) in [6.45, 7) is 4.63. The van der Waals surface area contributed by atoms with Crippen molar-refractivity contribution in [1.29, 1.82) is 0 Å². The zero-order valence-corrected chi connectivity index (χ0v) is 12.1. The number of halogens is 1.